The average Bonchev–Trinajstić information content (AvgIpc) is 3.14. The van der Waals surface area contributed by atoms with Gasteiger partial charge in [0.05, 0.1) is 30.7 Å². The summed E-state index contributed by atoms with van der Waals surface area (Å²) in [5, 5.41) is 2.24. The van der Waals surface area contributed by atoms with Crippen LogP contribution in [-0.2, 0) is 14.3 Å². The van der Waals surface area contributed by atoms with E-state index in [1.807, 2.05) is 18.4 Å². The van der Waals surface area contributed by atoms with Crippen molar-refractivity contribution < 1.29 is 28.7 Å². The van der Waals surface area contributed by atoms with Crippen LogP contribution >= 0.6 is 0 Å². The van der Waals surface area contributed by atoms with E-state index >= 15 is 0 Å². The summed E-state index contributed by atoms with van der Waals surface area (Å²) in [6.07, 6.45) is 1.44. The van der Waals surface area contributed by atoms with Gasteiger partial charge in [-0.2, -0.15) is 0 Å². The van der Waals surface area contributed by atoms with Crippen molar-refractivity contribution in [1.29, 1.82) is 0 Å². The predicted octanol–water partition coefficient (Wildman–Crippen LogP) is 3.95. The quantitative estimate of drug-likeness (QED) is 0.321. The van der Waals surface area contributed by atoms with Crippen LogP contribution in [0, 0.1) is 13.8 Å². The molecule has 9 heteroatoms. The van der Waals surface area contributed by atoms with Crippen LogP contribution in [-0.4, -0.2) is 42.1 Å². The lowest BCUT2D eigenvalue weighted by Gasteiger charge is -2.27. The molecule has 1 aromatic heterocycles. The average molecular weight is 488 g/mol. The van der Waals surface area contributed by atoms with Crippen LogP contribution < -0.4 is 15.0 Å². The van der Waals surface area contributed by atoms with Crippen LogP contribution in [0.5, 0.6) is 5.75 Å². The van der Waals surface area contributed by atoms with Gasteiger partial charge in [-0.3, -0.25) is 14.9 Å². The first kappa shape index (κ1) is 24.5. The highest BCUT2D eigenvalue weighted by Crippen LogP contribution is 2.32. The molecule has 0 spiro atoms. The van der Waals surface area contributed by atoms with Crippen LogP contribution in [0.1, 0.15) is 34.2 Å². The fraction of sp³-hybridized carbons (Fsp3) is 0.185. The van der Waals surface area contributed by atoms with Gasteiger partial charge in [-0.1, -0.05) is 24.3 Å². The molecule has 4 rings (SSSR count). The summed E-state index contributed by atoms with van der Waals surface area (Å²) in [6.45, 7) is 5.78. The number of methoxy groups -OCH3 is 1. The summed E-state index contributed by atoms with van der Waals surface area (Å²) in [4.78, 5) is 52.0. The van der Waals surface area contributed by atoms with Crippen LogP contribution in [0.25, 0.3) is 11.8 Å². The van der Waals surface area contributed by atoms with Gasteiger partial charge in [0.2, 0.25) is 0 Å². The fourth-order valence-electron chi connectivity index (χ4n) is 4.21. The maximum atomic E-state index is 13.4. The standard InChI is InChI=1S/C27H25N3O6/c1-5-36-23-13-9-8-12-22(23)30-25(32)20(24(31)28-27(30)34)15-18-14-16(2)29(17(18)3)21-11-7-6-10-19(21)26(33)35-4/h6-15H,5H2,1-4H3,(H,28,31,34)/b20-15+. The predicted molar refractivity (Wildman–Crippen MR) is 133 cm³/mol. The molecule has 3 aromatic rings. The molecule has 0 radical (unpaired) electrons. The van der Waals surface area contributed by atoms with E-state index in [1.165, 1.54) is 13.2 Å². The molecule has 0 saturated carbocycles. The van der Waals surface area contributed by atoms with Gasteiger partial charge in [0.1, 0.15) is 11.3 Å². The van der Waals surface area contributed by atoms with Crippen molar-refractivity contribution in [3.63, 3.8) is 0 Å². The zero-order valence-corrected chi connectivity index (χ0v) is 20.3. The zero-order valence-electron chi connectivity index (χ0n) is 20.3. The van der Waals surface area contributed by atoms with Gasteiger partial charge < -0.3 is 14.0 Å². The number of benzene rings is 2. The van der Waals surface area contributed by atoms with Crippen molar-refractivity contribution in [2.45, 2.75) is 20.8 Å². The molecule has 1 saturated heterocycles. The van der Waals surface area contributed by atoms with E-state index in [0.29, 0.717) is 34.9 Å². The number of nitrogens with zero attached hydrogens (tertiary/aromatic N) is 2. The SMILES string of the molecule is CCOc1ccccc1N1C(=O)NC(=O)/C(=C\c2cc(C)n(-c3ccccc3C(=O)OC)c2C)C1=O. The topological polar surface area (TPSA) is 107 Å². The number of carbonyl (C=O) groups is 4. The monoisotopic (exact) mass is 487 g/mol. The first-order valence-electron chi connectivity index (χ1n) is 11.3. The number of barbiturate groups is 1. The molecule has 1 N–H and O–H groups in total. The molecule has 2 heterocycles. The molecule has 2 aromatic carbocycles. The number of para-hydroxylation sites is 3. The molecule has 1 aliphatic heterocycles. The first-order valence-corrected chi connectivity index (χ1v) is 11.3. The van der Waals surface area contributed by atoms with Gasteiger partial charge in [0, 0.05) is 11.4 Å². The number of esters is 1. The minimum Gasteiger partial charge on any atom is -0.492 e. The van der Waals surface area contributed by atoms with E-state index in [-0.39, 0.29) is 11.3 Å². The van der Waals surface area contributed by atoms with Crippen LogP contribution in [0.15, 0.2) is 60.2 Å². The smallest absolute Gasteiger partial charge is 0.339 e. The number of ether oxygens (including phenoxy) is 2. The third kappa shape index (κ3) is 4.26. The number of rotatable bonds is 6. The Bertz CT molecular complexity index is 1420. The molecular weight excluding hydrogens is 462 g/mol. The van der Waals surface area contributed by atoms with Crippen molar-refractivity contribution in [3.8, 4) is 11.4 Å². The fourth-order valence-corrected chi connectivity index (χ4v) is 4.21. The number of aromatic nitrogens is 1. The van der Waals surface area contributed by atoms with Gasteiger partial charge in [0.25, 0.3) is 11.8 Å². The van der Waals surface area contributed by atoms with E-state index in [9.17, 15) is 19.2 Å². The van der Waals surface area contributed by atoms with Crippen LogP contribution in [0.4, 0.5) is 10.5 Å². The number of amides is 4. The number of hydrogen-bond acceptors (Lipinski definition) is 6. The molecule has 184 valence electrons. The molecule has 9 nitrogen and oxygen atoms in total. The second kappa shape index (κ2) is 9.91. The minimum absolute atomic E-state index is 0.206. The Labute approximate surface area is 207 Å². The lowest BCUT2D eigenvalue weighted by atomic mass is 10.1. The number of aryl methyl sites for hydroxylation is 1. The number of hydrogen-bond donors (Lipinski definition) is 1. The van der Waals surface area contributed by atoms with E-state index in [0.717, 1.165) is 10.6 Å². The Morgan fingerprint density at radius 1 is 1.00 bits per heavy atom. The molecule has 1 aliphatic rings. The highest BCUT2D eigenvalue weighted by Gasteiger charge is 2.38. The van der Waals surface area contributed by atoms with E-state index in [2.05, 4.69) is 5.32 Å². The molecule has 0 unspecified atom stereocenters. The Hall–Kier alpha value is -4.66. The lowest BCUT2D eigenvalue weighted by Crippen LogP contribution is -2.54. The largest absolute Gasteiger partial charge is 0.492 e. The molecule has 0 bridgehead atoms. The highest BCUT2D eigenvalue weighted by molar-refractivity contribution is 6.39. The molecule has 36 heavy (non-hydrogen) atoms. The number of anilines is 1. The van der Waals surface area contributed by atoms with E-state index < -0.39 is 23.8 Å². The van der Waals surface area contributed by atoms with E-state index in [1.54, 1.807) is 61.5 Å². The van der Waals surface area contributed by atoms with Gasteiger partial charge in [-0.05, 0) is 62.7 Å². The maximum absolute atomic E-state index is 13.4. The maximum Gasteiger partial charge on any atom is 0.339 e. The van der Waals surface area contributed by atoms with E-state index in [4.69, 9.17) is 9.47 Å². The van der Waals surface area contributed by atoms with Crippen molar-refractivity contribution >= 4 is 35.6 Å². The first-order chi connectivity index (χ1) is 17.3. The van der Waals surface area contributed by atoms with Gasteiger partial charge >= 0.3 is 12.0 Å². The molecule has 0 aliphatic carbocycles. The number of imide groups is 2. The highest BCUT2D eigenvalue weighted by atomic mass is 16.5. The summed E-state index contributed by atoms with van der Waals surface area (Å²) >= 11 is 0. The third-order valence-electron chi connectivity index (χ3n) is 5.83. The normalized spacial score (nSPS) is 14.7. The third-order valence-corrected chi connectivity index (χ3v) is 5.83. The van der Waals surface area contributed by atoms with Crippen molar-refractivity contribution in [2.75, 3.05) is 18.6 Å². The minimum atomic E-state index is -0.855. The summed E-state index contributed by atoms with van der Waals surface area (Å²) in [5.74, 6) is -1.71. The number of urea groups is 1. The Morgan fingerprint density at radius 3 is 2.36 bits per heavy atom. The molecule has 4 amide bonds. The van der Waals surface area contributed by atoms with Crippen molar-refractivity contribution in [1.82, 2.24) is 9.88 Å². The molecule has 1 fully saturated rings. The Balaban J connectivity index is 1.79. The van der Waals surface area contributed by atoms with Crippen molar-refractivity contribution in [3.05, 3.63) is 82.7 Å². The second-order valence-corrected chi connectivity index (χ2v) is 8.03. The summed E-state index contributed by atoms with van der Waals surface area (Å²) in [6, 6.07) is 14.5. The Kier molecular flexibility index (Phi) is 6.73. The number of carbonyl (C=O) groups excluding carboxylic acids is 4. The second-order valence-electron chi connectivity index (χ2n) is 8.03. The zero-order chi connectivity index (χ0) is 26.0. The van der Waals surface area contributed by atoms with Crippen LogP contribution in [0.2, 0.25) is 0 Å². The summed E-state index contributed by atoms with van der Waals surface area (Å²) < 4.78 is 12.3. The molecule has 0 atom stereocenters. The van der Waals surface area contributed by atoms with Crippen LogP contribution in [0.3, 0.4) is 0 Å². The van der Waals surface area contributed by atoms with Gasteiger partial charge in [-0.15, -0.1) is 0 Å². The molecular formula is C27H25N3O6. The van der Waals surface area contributed by atoms with Crippen molar-refractivity contribution in [2.24, 2.45) is 0 Å². The number of nitrogens with one attached hydrogen (secondary N) is 1. The summed E-state index contributed by atoms with van der Waals surface area (Å²) in [5.41, 5.74) is 3.05. The Morgan fingerprint density at radius 2 is 1.67 bits per heavy atom. The summed E-state index contributed by atoms with van der Waals surface area (Å²) in [7, 11) is 1.31. The van der Waals surface area contributed by atoms with Gasteiger partial charge in [-0.25, -0.2) is 14.5 Å². The van der Waals surface area contributed by atoms with Gasteiger partial charge in [0.15, 0.2) is 0 Å². The lowest BCUT2D eigenvalue weighted by molar-refractivity contribution is -0.122.